The fourth-order valence-electron chi connectivity index (χ4n) is 4.30. The molecule has 2 nitrogen and oxygen atoms in total. The maximum absolute atomic E-state index is 5.86. The van der Waals surface area contributed by atoms with E-state index in [0.717, 1.165) is 23.7 Å². The number of rotatable bonds is 5. The van der Waals surface area contributed by atoms with Gasteiger partial charge in [-0.1, -0.05) is 41.5 Å². The number of hydrazine groups is 1. The molecule has 19 heavy (non-hydrogen) atoms. The van der Waals surface area contributed by atoms with Crippen molar-refractivity contribution in [1.82, 2.24) is 5.43 Å². The largest absolute Gasteiger partial charge is 0.271 e. The highest BCUT2D eigenvalue weighted by Gasteiger charge is 2.30. The van der Waals surface area contributed by atoms with Gasteiger partial charge in [0.15, 0.2) is 0 Å². The first-order chi connectivity index (χ1) is 8.71. The molecular formula is C17H36N2. The fourth-order valence-corrected chi connectivity index (χ4v) is 4.30. The van der Waals surface area contributed by atoms with E-state index < -0.39 is 0 Å². The summed E-state index contributed by atoms with van der Waals surface area (Å²) in [6, 6.07) is 0.502. The lowest BCUT2D eigenvalue weighted by Crippen LogP contribution is -2.44. The lowest BCUT2D eigenvalue weighted by molar-refractivity contribution is 0.154. The van der Waals surface area contributed by atoms with Gasteiger partial charge in [-0.05, 0) is 61.2 Å². The molecule has 0 heterocycles. The SMILES string of the molecule is CC1CC(C)CC(C(CC(C)CC(C)(C)C)NN)C1. The van der Waals surface area contributed by atoms with Gasteiger partial charge in [-0.2, -0.15) is 0 Å². The van der Waals surface area contributed by atoms with Crippen LogP contribution in [0, 0.1) is 29.1 Å². The molecule has 0 amide bonds. The Hall–Kier alpha value is -0.0800. The number of hydrogen-bond acceptors (Lipinski definition) is 2. The smallest absolute Gasteiger partial charge is 0.0241 e. The van der Waals surface area contributed by atoms with Gasteiger partial charge in [-0.25, -0.2) is 0 Å². The first kappa shape index (κ1) is 17.0. The van der Waals surface area contributed by atoms with E-state index in [-0.39, 0.29) is 0 Å². The van der Waals surface area contributed by atoms with Crippen molar-refractivity contribution in [3.63, 3.8) is 0 Å². The van der Waals surface area contributed by atoms with Crippen LogP contribution < -0.4 is 11.3 Å². The maximum Gasteiger partial charge on any atom is 0.0241 e. The Morgan fingerprint density at radius 2 is 1.63 bits per heavy atom. The highest BCUT2D eigenvalue weighted by Crippen LogP contribution is 2.37. The minimum Gasteiger partial charge on any atom is -0.271 e. The third-order valence-electron chi connectivity index (χ3n) is 4.62. The molecule has 0 aromatic carbocycles. The Morgan fingerprint density at radius 3 is 2.05 bits per heavy atom. The zero-order valence-electron chi connectivity index (χ0n) is 14.0. The topological polar surface area (TPSA) is 38.0 Å². The molecule has 0 aliphatic heterocycles. The highest BCUT2D eigenvalue weighted by molar-refractivity contribution is 4.84. The normalized spacial score (nSPS) is 32.1. The van der Waals surface area contributed by atoms with Crippen LogP contribution in [-0.2, 0) is 0 Å². The first-order valence-corrected chi connectivity index (χ1v) is 8.17. The molecule has 2 heteroatoms. The molecule has 1 aliphatic carbocycles. The Morgan fingerprint density at radius 1 is 1.11 bits per heavy atom. The summed E-state index contributed by atoms with van der Waals surface area (Å²) in [6.45, 7) is 14.2. The van der Waals surface area contributed by atoms with E-state index in [1.165, 1.54) is 32.1 Å². The van der Waals surface area contributed by atoms with E-state index >= 15 is 0 Å². The second-order valence-electron chi connectivity index (χ2n) is 8.56. The summed E-state index contributed by atoms with van der Waals surface area (Å²) in [4.78, 5) is 0. The zero-order chi connectivity index (χ0) is 14.6. The van der Waals surface area contributed by atoms with Crippen molar-refractivity contribution in [3.05, 3.63) is 0 Å². The Bertz CT molecular complexity index is 246. The van der Waals surface area contributed by atoms with Crippen LogP contribution >= 0.6 is 0 Å². The molecule has 0 aromatic heterocycles. The molecule has 4 atom stereocenters. The van der Waals surface area contributed by atoms with Gasteiger partial charge in [-0.15, -0.1) is 0 Å². The van der Waals surface area contributed by atoms with Crippen LogP contribution in [0.4, 0.5) is 0 Å². The molecule has 0 bridgehead atoms. The van der Waals surface area contributed by atoms with E-state index in [0.29, 0.717) is 11.5 Å². The summed E-state index contributed by atoms with van der Waals surface area (Å²) >= 11 is 0. The number of hydrogen-bond donors (Lipinski definition) is 2. The molecule has 0 radical (unpaired) electrons. The highest BCUT2D eigenvalue weighted by atomic mass is 15.2. The maximum atomic E-state index is 5.86. The summed E-state index contributed by atoms with van der Waals surface area (Å²) < 4.78 is 0. The van der Waals surface area contributed by atoms with Gasteiger partial charge < -0.3 is 0 Å². The fraction of sp³-hybridized carbons (Fsp3) is 1.00. The monoisotopic (exact) mass is 268 g/mol. The van der Waals surface area contributed by atoms with Crippen LogP contribution in [-0.4, -0.2) is 6.04 Å². The standard InChI is InChI=1S/C17H36N2/c1-12-7-13(2)9-15(8-12)16(19-18)10-14(3)11-17(4,5)6/h12-16,19H,7-11,18H2,1-6H3. The molecule has 1 aliphatic rings. The molecule has 0 aromatic rings. The van der Waals surface area contributed by atoms with Crippen molar-refractivity contribution in [2.24, 2.45) is 34.9 Å². The number of nitrogens with one attached hydrogen (secondary N) is 1. The van der Waals surface area contributed by atoms with Gasteiger partial charge in [0.2, 0.25) is 0 Å². The van der Waals surface area contributed by atoms with Gasteiger partial charge in [0.25, 0.3) is 0 Å². The Labute approximate surface area is 120 Å². The van der Waals surface area contributed by atoms with E-state index in [9.17, 15) is 0 Å². The molecule has 0 saturated heterocycles. The molecule has 1 saturated carbocycles. The predicted molar refractivity (Wildman–Crippen MR) is 84.6 cm³/mol. The molecule has 1 fully saturated rings. The van der Waals surface area contributed by atoms with Crippen LogP contribution in [0.5, 0.6) is 0 Å². The lowest BCUT2D eigenvalue weighted by Gasteiger charge is -2.37. The predicted octanol–water partition coefficient (Wildman–Crippen LogP) is 4.35. The average molecular weight is 268 g/mol. The molecule has 3 N–H and O–H groups in total. The van der Waals surface area contributed by atoms with Crippen molar-refractivity contribution in [2.75, 3.05) is 0 Å². The van der Waals surface area contributed by atoms with Gasteiger partial charge >= 0.3 is 0 Å². The van der Waals surface area contributed by atoms with Gasteiger partial charge in [0, 0.05) is 6.04 Å². The molecule has 0 spiro atoms. The van der Waals surface area contributed by atoms with Crippen molar-refractivity contribution >= 4 is 0 Å². The summed E-state index contributed by atoms with van der Waals surface area (Å²) in [7, 11) is 0. The summed E-state index contributed by atoms with van der Waals surface area (Å²) in [5.74, 6) is 9.10. The van der Waals surface area contributed by atoms with Crippen molar-refractivity contribution in [1.29, 1.82) is 0 Å². The molecule has 114 valence electrons. The van der Waals surface area contributed by atoms with Crippen molar-refractivity contribution < 1.29 is 0 Å². The third-order valence-corrected chi connectivity index (χ3v) is 4.62. The van der Waals surface area contributed by atoms with E-state index in [1.807, 2.05) is 0 Å². The number of nitrogens with two attached hydrogens (primary N) is 1. The summed E-state index contributed by atoms with van der Waals surface area (Å²) in [5.41, 5.74) is 3.55. The average Bonchev–Trinajstić information content (AvgIpc) is 2.21. The second-order valence-corrected chi connectivity index (χ2v) is 8.56. The van der Waals surface area contributed by atoms with E-state index in [4.69, 9.17) is 5.84 Å². The lowest BCUT2D eigenvalue weighted by atomic mass is 9.71. The quantitative estimate of drug-likeness (QED) is 0.574. The zero-order valence-corrected chi connectivity index (χ0v) is 14.0. The second kappa shape index (κ2) is 7.08. The van der Waals surface area contributed by atoms with Crippen LogP contribution in [0.1, 0.15) is 73.6 Å². The molecular weight excluding hydrogens is 232 g/mol. The molecule has 4 unspecified atom stereocenters. The van der Waals surface area contributed by atoms with Crippen molar-refractivity contribution in [3.8, 4) is 0 Å². The Kier molecular flexibility index (Phi) is 6.32. The van der Waals surface area contributed by atoms with Crippen LogP contribution in [0.2, 0.25) is 0 Å². The van der Waals surface area contributed by atoms with E-state index in [1.54, 1.807) is 0 Å². The summed E-state index contributed by atoms with van der Waals surface area (Å²) in [6.07, 6.45) is 6.59. The van der Waals surface area contributed by atoms with Crippen molar-refractivity contribution in [2.45, 2.75) is 79.7 Å². The van der Waals surface area contributed by atoms with Gasteiger partial charge in [0.1, 0.15) is 0 Å². The van der Waals surface area contributed by atoms with Crippen LogP contribution in [0.3, 0.4) is 0 Å². The minimum atomic E-state index is 0.422. The molecule has 1 rings (SSSR count). The van der Waals surface area contributed by atoms with Gasteiger partial charge in [-0.3, -0.25) is 11.3 Å². The van der Waals surface area contributed by atoms with Gasteiger partial charge in [0.05, 0.1) is 0 Å². The minimum absolute atomic E-state index is 0.422. The van der Waals surface area contributed by atoms with Crippen LogP contribution in [0.15, 0.2) is 0 Å². The summed E-state index contributed by atoms with van der Waals surface area (Å²) in [5, 5.41) is 0. The first-order valence-electron chi connectivity index (χ1n) is 8.17. The van der Waals surface area contributed by atoms with Crippen LogP contribution in [0.25, 0.3) is 0 Å². The third kappa shape index (κ3) is 6.27. The van der Waals surface area contributed by atoms with E-state index in [2.05, 4.69) is 47.0 Å². The Balaban J connectivity index is 2.52.